The van der Waals surface area contributed by atoms with Crippen molar-refractivity contribution in [2.24, 2.45) is 0 Å². The lowest BCUT2D eigenvalue weighted by atomic mass is 9.81. The van der Waals surface area contributed by atoms with E-state index in [2.05, 4.69) is 11.9 Å². The Morgan fingerprint density at radius 1 is 1.44 bits per heavy atom. The molecular formula is C13H22N2O3. The van der Waals surface area contributed by atoms with E-state index in [1.165, 1.54) is 4.90 Å². The van der Waals surface area contributed by atoms with Crippen LogP contribution in [0.2, 0.25) is 0 Å². The summed E-state index contributed by atoms with van der Waals surface area (Å²) in [6.07, 6.45) is 4.74. The van der Waals surface area contributed by atoms with Crippen molar-refractivity contribution in [3.63, 3.8) is 0 Å². The molecule has 1 N–H and O–H groups in total. The first kappa shape index (κ1) is 13.3. The van der Waals surface area contributed by atoms with Gasteiger partial charge in [0.1, 0.15) is 5.54 Å². The van der Waals surface area contributed by atoms with Crippen LogP contribution in [-0.2, 0) is 9.59 Å². The van der Waals surface area contributed by atoms with Crippen molar-refractivity contribution in [1.29, 1.82) is 0 Å². The lowest BCUT2D eigenvalue weighted by Crippen LogP contribution is -2.62. The van der Waals surface area contributed by atoms with Crippen molar-refractivity contribution < 1.29 is 14.7 Å². The van der Waals surface area contributed by atoms with Crippen molar-refractivity contribution in [1.82, 2.24) is 9.80 Å². The van der Waals surface area contributed by atoms with Crippen LogP contribution >= 0.6 is 0 Å². The zero-order valence-corrected chi connectivity index (χ0v) is 11.1. The standard InChI is InChI=1S/C13H22N2O3/c1-3-6-15(9-16)13(12(17)18)7-10-4-5-11(8-13)14(10)2/h9-11H,3-8H2,1-2H3,(H,17,18). The van der Waals surface area contributed by atoms with Crippen LogP contribution in [0.1, 0.15) is 39.0 Å². The number of hydrogen-bond acceptors (Lipinski definition) is 3. The molecule has 0 aromatic heterocycles. The van der Waals surface area contributed by atoms with Crippen LogP contribution < -0.4 is 0 Å². The first-order chi connectivity index (χ1) is 8.55. The molecule has 0 spiro atoms. The van der Waals surface area contributed by atoms with Gasteiger partial charge in [-0.05, 0) is 39.2 Å². The third kappa shape index (κ3) is 1.90. The summed E-state index contributed by atoms with van der Waals surface area (Å²) in [6, 6.07) is 0.610. The molecule has 2 bridgehead atoms. The summed E-state index contributed by atoms with van der Waals surface area (Å²) in [7, 11) is 2.07. The van der Waals surface area contributed by atoms with E-state index in [1.54, 1.807) is 0 Å². The average Bonchev–Trinajstić information content (AvgIpc) is 2.58. The van der Waals surface area contributed by atoms with Gasteiger partial charge < -0.3 is 14.9 Å². The summed E-state index contributed by atoms with van der Waals surface area (Å²) in [5.74, 6) is -0.840. The number of aliphatic carboxylic acids is 1. The summed E-state index contributed by atoms with van der Waals surface area (Å²) in [5.41, 5.74) is -0.976. The highest BCUT2D eigenvalue weighted by atomic mass is 16.4. The number of amides is 1. The number of carboxylic acid groups (broad SMARTS) is 1. The predicted molar refractivity (Wildman–Crippen MR) is 67.2 cm³/mol. The summed E-state index contributed by atoms with van der Waals surface area (Å²) in [6.45, 7) is 2.49. The Kier molecular flexibility index (Phi) is 3.61. The number of carboxylic acids is 1. The summed E-state index contributed by atoms with van der Waals surface area (Å²) >= 11 is 0. The van der Waals surface area contributed by atoms with E-state index in [0.29, 0.717) is 31.5 Å². The number of carbonyl (C=O) groups excluding carboxylic acids is 1. The maximum atomic E-state index is 11.8. The molecule has 5 nitrogen and oxygen atoms in total. The minimum atomic E-state index is -0.976. The molecule has 2 unspecified atom stereocenters. The van der Waals surface area contributed by atoms with Crippen molar-refractivity contribution in [3.8, 4) is 0 Å². The Bertz CT molecular complexity index is 331. The van der Waals surface area contributed by atoms with Gasteiger partial charge in [-0.25, -0.2) is 4.79 Å². The fourth-order valence-corrected chi connectivity index (χ4v) is 3.59. The van der Waals surface area contributed by atoms with Crippen LogP contribution in [0.4, 0.5) is 0 Å². The average molecular weight is 254 g/mol. The molecule has 102 valence electrons. The molecule has 2 saturated heterocycles. The van der Waals surface area contributed by atoms with Crippen LogP contribution in [0.3, 0.4) is 0 Å². The van der Waals surface area contributed by atoms with E-state index in [9.17, 15) is 14.7 Å². The molecule has 0 aromatic carbocycles. The van der Waals surface area contributed by atoms with Crippen molar-refractivity contribution in [2.75, 3.05) is 13.6 Å². The number of nitrogens with zero attached hydrogens (tertiary/aromatic N) is 2. The van der Waals surface area contributed by atoms with Crippen LogP contribution in [0.15, 0.2) is 0 Å². The van der Waals surface area contributed by atoms with Crippen molar-refractivity contribution in [2.45, 2.75) is 56.7 Å². The van der Waals surface area contributed by atoms with Crippen molar-refractivity contribution in [3.05, 3.63) is 0 Å². The highest BCUT2D eigenvalue weighted by Crippen LogP contribution is 2.42. The highest BCUT2D eigenvalue weighted by molar-refractivity contribution is 5.82. The zero-order chi connectivity index (χ0) is 13.3. The number of rotatable bonds is 5. The summed E-state index contributed by atoms with van der Waals surface area (Å²) in [5, 5.41) is 9.65. The maximum Gasteiger partial charge on any atom is 0.329 e. The Labute approximate surface area is 108 Å². The third-order valence-electron chi connectivity index (χ3n) is 4.67. The monoisotopic (exact) mass is 254 g/mol. The fraction of sp³-hybridized carbons (Fsp3) is 0.846. The largest absolute Gasteiger partial charge is 0.479 e. The second-order valence-corrected chi connectivity index (χ2v) is 5.59. The van der Waals surface area contributed by atoms with E-state index in [0.717, 1.165) is 25.7 Å². The Morgan fingerprint density at radius 3 is 2.39 bits per heavy atom. The molecule has 2 heterocycles. The lowest BCUT2D eigenvalue weighted by molar-refractivity contribution is -0.160. The SMILES string of the molecule is CCCN(C=O)C1(C(=O)O)CC2CCC(C1)N2C. The number of piperidine rings is 1. The molecule has 5 heteroatoms. The van der Waals surface area contributed by atoms with Crippen LogP contribution in [0.5, 0.6) is 0 Å². The van der Waals surface area contributed by atoms with E-state index < -0.39 is 11.5 Å². The molecule has 2 fully saturated rings. The highest BCUT2D eigenvalue weighted by Gasteiger charge is 2.54. The first-order valence-electron chi connectivity index (χ1n) is 6.72. The number of hydrogen-bond donors (Lipinski definition) is 1. The van der Waals surface area contributed by atoms with Gasteiger partial charge in [0.05, 0.1) is 0 Å². The van der Waals surface area contributed by atoms with E-state index in [4.69, 9.17) is 0 Å². The van der Waals surface area contributed by atoms with Crippen LogP contribution in [-0.4, -0.2) is 58.5 Å². The van der Waals surface area contributed by atoms with Crippen LogP contribution in [0, 0.1) is 0 Å². The number of carbonyl (C=O) groups is 2. The molecule has 0 radical (unpaired) electrons. The molecule has 2 aliphatic heterocycles. The molecule has 2 aliphatic rings. The van der Waals surface area contributed by atoms with Gasteiger partial charge in [-0.3, -0.25) is 4.79 Å². The molecule has 1 amide bonds. The van der Waals surface area contributed by atoms with Crippen LogP contribution in [0.25, 0.3) is 0 Å². The Balaban J connectivity index is 2.28. The van der Waals surface area contributed by atoms with Gasteiger partial charge in [-0.15, -0.1) is 0 Å². The first-order valence-corrected chi connectivity index (χ1v) is 6.72. The molecule has 0 aromatic rings. The fourth-order valence-electron chi connectivity index (χ4n) is 3.59. The Morgan fingerprint density at radius 2 is 2.00 bits per heavy atom. The van der Waals surface area contributed by atoms with Gasteiger partial charge >= 0.3 is 5.97 Å². The number of fused-ring (bicyclic) bond motifs is 2. The van der Waals surface area contributed by atoms with Gasteiger partial charge in [0.2, 0.25) is 6.41 Å². The quantitative estimate of drug-likeness (QED) is 0.742. The van der Waals surface area contributed by atoms with Gasteiger partial charge in [-0.2, -0.15) is 0 Å². The second kappa shape index (κ2) is 4.88. The zero-order valence-electron chi connectivity index (χ0n) is 11.1. The summed E-state index contributed by atoms with van der Waals surface area (Å²) in [4.78, 5) is 26.8. The normalized spacial score (nSPS) is 35.4. The third-order valence-corrected chi connectivity index (χ3v) is 4.67. The molecule has 2 rings (SSSR count). The molecule has 2 atom stereocenters. The van der Waals surface area contributed by atoms with Gasteiger partial charge in [0, 0.05) is 18.6 Å². The van der Waals surface area contributed by atoms with Gasteiger partial charge in [0.15, 0.2) is 0 Å². The van der Waals surface area contributed by atoms with E-state index in [-0.39, 0.29) is 0 Å². The summed E-state index contributed by atoms with van der Waals surface area (Å²) < 4.78 is 0. The minimum Gasteiger partial charge on any atom is -0.479 e. The van der Waals surface area contributed by atoms with Gasteiger partial charge in [-0.1, -0.05) is 6.92 Å². The second-order valence-electron chi connectivity index (χ2n) is 5.59. The lowest BCUT2D eigenvalue weighted by Gasteiger charge is -2.47. The van der Waals surface area contributed by atoms with E-state index >= 15 is 0 Å². The topological polar surface area (TPSA) is 60.9 Å². The maximum absolute atomic E-state index is 11.8. The smallest absolute Gasteiger partial charge is 0.329 e. The molecule has 18 heavy (non-hydrogen) atoms. The van der Waals surface area contributed by atoms with E-state index in [1.807, 2.05) is 6.92 Å². The Hall–Kier alpha value is -1.10. The van der Waals surface area contributed by atoms with Crippen molar-refractivity contribution >= 4 is 12.4 Å². The molecule has 0 aliphatic carbocycles. The minimum absolute atomic E-state index is 0.305. The predicted octanol–water partition coefficient (Wildman–Crippen LogP) is 0.935. The molecular weight excluding hydrogens is 232 g/mol. The molecule has 0 saturated carbocycles. The van der Waals surface area contributed by atoms with Gasteiger partial charge in [0.25, 0.3) is 0 Å².